The van der Waals surface area contributed by atoms with Crippen LogP contribution in [-0.4, -0.2) is 135 Å². The van der Waals surface area contributed by atoms with Gasteiger partial charge in [0.05, 0.1) is 58.0 Å². The first-order valence-corrected chi connectivity index (χ1v) is 33.0. The molecule has 14 bridgehead atoms. The van der Waals surface area contributed by atoms with E-state index in [2.05, 4.69) is 0 Å². The molecule has 7 aliphatic carbocycles. The third-order valence-corrected chi connectivity index (χ3v) is 21.7. The molecular weight excluding hydrogens is 1150 g/mol. The van der Waals surface area contributed by atoms with Crippen LogP contribution in [0.4, 0.5) is 0 Å². The first-order chi connectivity index (χ1) is 41.4. The summed E-state index contributed by atoms with van der Waals surface area (Å²) in [5.41, 5.74) is -2.14. The average Bonchev–Trinajstić information content (AvgIpc) is 1.80. The number of fused-ring (bicyclic) bond motifs is 5. The lowest BCUT2D eigenvalue weighted by molar-refractivity contribution is -0.180. The van der Waals surface area contributed by atoms with Crippen molar-refractivity contribution in [3.8, 4) is 0 Å². The molecule has 0 aromatic rings. The Morgan fingerprint density at radius 3 is 1.18 bits per heavy atom. The Kier molecular flexibility index (Phi) is 23.6. The Bertz CT molecular complexity index is 2570. The molecule has 0 amide bonds. The molecule has 18 atom stereocenters. The molecule has 7 saturated heterocycles. The summed E-state index contributed by atoms with van der Waals surface area (Å²) in [7, 11) is 0. The zero-order valence-corrected chi connectivity index (χ0v) is 54.2. The predicted molar refractivity (Wildman–Crippen MR) is 319 cm³/mol. The van der Waals surface area contributed by atoms with E-state index in [0.717, 1.165) is 89.9 Å². The van der Waals surface area contributed by atoms with Gasteiger partial charge in [-0.3, -0.25) is 38.4 Å². The highest BCUT2D eigenvalue weighted by Gasteiger charge is 2.55. The molecule has 0 aromatic heterocycles. The summed E-state index contributed by atoms with van der Waals surface area (Å²) in [5, 5.41) is 0. The van der Waals surface area contributed by atoms with Crippen molar-refractivity contribution in [2.75, 3.05) is 26.4 Å². The van der Waals surface area contributed by atoms with Gasteiger partial charge in [-0.15, -0.1) is 0 Å². The van der Waals surface area contributed by atoms with Crippen LogP contribution in [0.1, 0.15) is 213 Å². The minimum Gasteiger partial charge on any atom is -0.463 e. The van der Waals surface area contributed by atoms with Crippen LogP contribution in [0.2, 0.25) is 0 Å². The average molecular weight is 1260 g/mol. The zero-order chi connectivity index (χ0) is 64.2. The normalized spacial score (nSPS) is 34.0. The van der Waals surface area contributed by atoms with Gasteiger partial charge in [-0.2, -0.15) is 0 Å². The third-order valence-electron chi connectivity index (χ3n) is 21.7. The van der Waals surface area contributed by atoms with Gasteiger partial charge < -0.3 is 52.1 Å². The van der Waals surface area contributed by atoms with Gasteiger partial charge in [0.1, 0.15) is 49.3 Å². The number of carbonyl (C=O) groups is 10. The molecule has 0 spiro atoms. The van der Waals surface area contributed by atoms with E-state index in [9.17, 15) is 47.9 Å². The maximum absolute atomic E-state index is 12.3. The van der Waals surface area contributed by atoms with Crippen LogP contribution >= 0.6 is 0 Å². The maximum atomic E-state index is 12.3. The fourth-order valence-electron chi connectivity index (χ4n) is 14.6. The van der Waals surface area contributed by atoms with Gasteiger partial charge in [0.2, 0.25) is 0 Å². The third kappa shape index (κ3) is 17.2. The monoisotopic (exact) mass is 1260 g/mol. The molecule has 0 radical (unpaired) electrons. The van der Waals surface area contributed by atoms with Gasteiger partial charge in [0, 0.05) is 18.3 Å². The Hall–Kier alpha value is -5.34. The molecule has 7 saturated carbocycles. The molecule has 14 rings (SSSR count). The number of rotatable bonds is 19. The summed E-state index contributed by atoms with van der Waals surface area (Å²) >= 11 is 0. The van der Waals surface area contributed by atoms with Gasteiger partial charge in [-0.05, 0) is 195 Å². The summed E-state index contributed by atoms with van der Waals surface area (Å²) < 4.78 is 59.9. The second kappa shape index (κ2) is 29.5. The van der Waals surface area contributed by atoms with Crippen molar-refractivity contribution in [3.63, 3.8) is 0 Å². The lowest BCUT2D eigenvalue weighted by Gasteiger charge is -2.42. The summed E-state index contributed by atoms with van der Waals surface area (Å²) in [6.07, 6.45) is 13.6. The van der Waals surface area contributed by atoms with Gasteiger partial charge in [0.15, 0.2) is 13.2 Å². The van der Waals surface area contributed by atoms with E-state index in [4.69, 9.17) is 52.1 Å². The highest BCUT2D eigenvalue weighted by Crippen LogP contribution is 2.51. The van der Waals surface area contributed by atoms with E-state index in [-0.39, 0.29) is 123 Å². The second-order valence-electron chi connectivity index (χ2n) is 29.6. The fraction of sp³-hybridized carbons (Fsp3) is 0.853. The summed E-state index contributed by atoms with van der Waals surface area (Å²) in [6, 6.07) is 0. The SMILES string of the molecule is C.CCC(C)(C)C(=O)OC1C2CC3CC(C2)C(=O)OC1C3.CCC(C)(C)C(=O)OCC(=O)OC1C2CC3CC(C2)C(=O)OC1C3.CCC(C)(C)C(=O)OCC(=O)OC1CCC2CC1OC2=O.CCC(C)(C)C(=O)OCCOC1C2CC3CC(C2)C(=O)OC1C3. The summed E-state index contributed by atoms with van der Waals surface area (Å²) in [6.45, 7) is 22.3. The first kappa shape index (κ1) is 71.1. The highest BCUT2D eigenvalue weighted by molar-refractivity contribution is 5.81. The van der Waals surface area contributed by atoms with Crippen molar-refractivity contribution in [2.45, 2.75) is 261 Å². The van der Waals surface area contributed by atoms with Crippen LogP contribution in [0.15, 0.2) is 0 Å². The van der Waals surface area contributed by atoms with Crippen molar-refractivity contribution in [3.05, 3.63) is 0 Å². The molecule has 14 fully saturated rings. The van der Waals surface area contributed by atoms with E-state index < -0.39 is 64.4 Å². The molecule has 21 nitrogen and oxygen atoms in total. The lowest BCUT2D eigenvalue weighted by atomic mass is 9.67. The van der Waals surface area contributed by atoms with E-state index in [1.54, 1.807) is 27.7 Å². The second-order valence-corrected chi connectivity index (χ2v) is 29.6. The molecule has 0 N–H and O–H groups in total. The van der Waals surface area contributed by atoms with E-state index in [0.29, 0.717) is 68.3 Å². The Balaban J connectivity index is 0.000000169. The predicted octanol–water partition coefficient (Wildman–Crippen LogP) is 9.89. The first-order valence-electron chi connectivity index (χ1n) is 33.0. The van der Waals surface area contributed by atoms with E-state index in [1.165, 1.54) is 0 Å². The molecule has 7 aliphatic heterocycles. The van der Waals surface area contributed by atoms with E-state index in [1.807, 2.05) is 55.4 Å². The highest BCUT2D eigenvalue weighted by atomic mass is 16.6. The van der Waals surface area contributed by atoms with Crippen LogP contribution < -0.4 is 0 Å². The van der Waals surface area contributed by atoms with Crippen LogP contribution in [0.3, 0.4) is 0 Å². The quantitative estimate of drug-likeness (QED) is 0.0661. The van der Waals surface area contributed by atoms with Crippen LogP contribution in [-0.2, 0) is 100 Å². The summed E-state index contributed by atoms with van der Waals surface area (Å²) in [5.74, 6) is -0.226. The number of carbonyl (C=O) groups excluding carboxylic acids is 10. The number of hydrogen-bond donors (Lipinski definition) is 0. The van der Waals surface area contributed by atoms with Crippen molar-refractivity contribution in [2.24, 2.45) is 80.8 Å². The number of hydrogen-bond acceptors (Lipinski definition) is 21. The lowest BCUT2D eigenvalue weighted by Crippen LogP contribution is -2.46. The van der Waals surface area contributed by atoms with Gasteiger partial charge in [-0.25, -0.2) is 9.59 Å². The number of ether oxygens (including phenoxy) is 11. The summed E-state index contributed by atoms with van der Waals surface area (Å²) in [4.78, 5) is 119. The standard InChI is InChI=1S/C18H26O6.C18H28O5.C16H24O4.C15H22O6.CH4/c1-4-18(2,3)17(21)22-9-14(19)24-15-11-5-10-6-12(8-11)16(20)23-13(15)7-10;1-4-18(2,3)17(20)22-6-5-21-15-12-7-11-8-13(10-12)16(19)23-14(15)9-11;1-4-16(2,3)15(18)20-13-10-5-9-6-11(8-10)14(17)19-12(13)7-9;1-4-15(2,3)14(18)19-8-12(16)20-10-6-5-9-7-11(10)21-13(9)17;/h10-13,15H,4-9H2,1-3H3;11-15H,4-10H2,1-3H3;9-13H,4-8H2,1-3H3;9-11H,4-8H2,1-3H3;1H4. The van der Waals surface area contributed by atoms with E-state index >= 15 is 0 Å². The Morgan fingerprint density at radius 2 is 0.742 bits per heavy atom. The smallest absolute Gasteiger partial charge is 0.344 e. The molecule has 502 valence electrons. The van der Waals surface area contributed by atoms with Crippen molar-refractivity contribution < 1.29 is 100 Å². The molecular formula is C68H104O21. The molecule has 89 heavy (non-hydrogen) atoms. The largest absolute Gasteiger partial charge is 0.463 e. The van der Waals surface area contributed by atoms with Crippen molar-refractivity contribution in [1.82, 2.24) is 0 Å². The Morgan fingerprint density at radius 1 is 0.382 bits per heavy atom. The van der Waals surface area contributed by atoms with Crippen molar-refractivity contribution in [1.29, 1.82) is 0 Å². The topological polar surface area (TPSA) is 272 Å². The van der Waals surface area contributed by atoms with Crippen molar-refractivity contribution >= 4 is 59.7 Å². The zero-order valence-electron chi connectivity index (χ0n) is 54.2. The molecule has 0 aromatic carbocycles. The molecule has 21 heteroatoms. The number of esters is 10. The molecule has 18 unspecified atom stereocenters. The van der Waals surface area contributed by atoms with Crippen LogP contribution in [0.25, 0.3) is 0 Å². The minimum atomic E-state index is -0.615. The molecule has 7 heterocycles. The van der Waals surface area contributed by atoms with Gasteiger partial charge in [0.25, 0.3) is 0 Å². The van der Waals surface area contributed by atoms with Gasteiger partial charge in [-0.1, -0.05) is 35.1 Å². The fourth-order valence-corrected chi connectivity index (χ4v) is 14.6. The molecule has 14 aliphatic rings. The van der Waals surface area contributed by atoms with Gasteiger partial charge >= 0.3 is 59.7 Å². The van der Waals surface area contributed by atoms with Crippen LogP contribution in [0.5, 0.6) is 0 Å². The Labute approximate surface area is 526 Å². The maximum Gasteiger partial charge on any atom is 0.344 e. The minimum absolute atomic E-state index is 0. The van der Waals surface area contributed by atoms with Crippen LogP contribution in [0, 0.1) is 80.8 Å².